The van der Waals surface area contributed by atoms with E-state index in [1.165, 1.54) is 24.4 Å². The van der Waals surface area contributed by atoms with E-state index >= 15 is 0 Å². The first kappa shape index (κ1) is 26.4. The number of hydrogen-bond donors (Lipinski definition) is 2. The maximum absolute atomic E-state index is 13.3. The number of hydrogen-bond acceptors (Lipinski definition) is 6. The summed E-state index contributed by atoms with van der Waals surface area (Å²) >= 11 is 3.30. The van der Waals surface area contributed by atoms with E-state index < -0.39 is 22.5 Å². The van der Waals surface area contributed by atoms with Crippen molar-refractivity contribution in [1.29, 1.82) is 0 Å². The molecule has 0 radical (unpaired) electrons. The first-order chi connectivity index (χ1) is 16.7. The van der Waals surface area contributed by atoms with E-state index in [1.807, 2.05) is 31.2 Å². The molecule has 3 aromatic carbocycles. The molecule has 0 aliphatic heterocycles. The number of phenolic OH excluding ortho intramolecular Hbond substituents is 1. The highest BCUT2D eigenvalue weighted by molar-refractivity contribution is 9.10. The fourth-order valence-electron chi connectivity index (χ4n) is 3.14. The Hall–Kier alpha value is -3.21. The summed E-state index contributed by atoms with van der Waals surface area (Å²) in [5, 5.41) is 13.7. The Morgan fingerprint density at radius 2 is 1.80 bits per heavy atom. The van der Waals surface area contributed by atoms with E-state index in [4.69, 9.17) is 4.74 Å². The average Bonchev–Trinajstić information content (AvgIpc) is 2.82. The predicted molar refractivity (Wildman–Crippen MR) is 138 cm³/mol. The summed E-state index contributed by atoms with van der Waals surface area (Å²) < 4.78 is 33.9. The standard InChI is InChI=1S/C25H26BrN3O5S/c1-3-34-24-14-20(8-13-23(24)30)15-27-28-25(31)17-29(16-19-6-4-18(2)5-7-19)35(32,33)22-11-9-21(26)10-12-22/h4-15,30H,3,16-17H2,1-2H3,(H,28,31)/b27-15-. The summed E-state index contributed by atoms with van der Waals surface area (Å²) in [4.78, 5) is 12.7. The largest absolute Gasteiger partial charge is 0.504 e. The molecule has 0 unspecified atom stereocenters. The topological polar surface area (TPSA) is 108 Å². The van der Waals surface area contributed by atoms with Crippen molar-refractivity contribution in [3.05, 3.63) is 87.9 Å². The number of amides is 1. The van der Waals surface area contributed by atoms with Crippen molar-refractivity contribution >= 4 is 38.1 Å². The summed E-state index contributed by atoms with van der Waals surface area (Å²) in [5.41, 5.74) is 4.75. The normalized spacial score (nSPS) is 11.7. The number of nitrogens with one attached hydrogen (secondary N) is 1. The Kier molecular flexibility index (Phi) is 9.02. The highest BCUT2D eigenvalue weighted by Crippen LogP contribution is 2.26. The Balaban J connectivity index is 1.77. The molecule has 3 aromatic rings. The van der Waals surface area contributed by atoms with Crippen LogP contribution in [0.4, 0.5) is 0 Å². The molecule has 184 valence electrons. The number of nitrogens with zero attached hydrogens (tertiary/aromatic N) is 2. The molecule has 0 aliphatic rings. The second kappa shape index (κ2) is 12.0. The summed E-state index contributed by atoms with van der Waals surface area (Å²) in [6.07, 6.45) is 1.38. The van der Waals surface area contributed by atoms with Gasteiger partial charge in [0.25, 0.3) is 5.91 Å². The molecule has 3 rings (SSSR count). The van der Waals surface area contributed by atoms with E-state index in [0.717, 1.165) is 19.9 Å². The second-order valence-electron chi connectivity index (χ2n) is 7.67. The zero-order valence-electron chi connectivity index (χ0n) is 19.3. The molecule has 10 heteroatoms. The fraction of sp³-hybridized carbons (Fsp3) is 0.200. The molecule has 0 atom stereocenters. The Morgan fingerprint density at radius 1 is 1.11 bits per heavy atom. The molecule has 2 N–H and O–H groups in total. The number of aromatic hydroxyl groups is 1. The number of benzene rings is 3. The van der Waals surface area contributed by atoms with Gasteiger partial charge < -0.3 is 9.84 Å². The predicted octanol–water partition coefficient (Wildman–Crippen LogP) is 4.20. The zero-order valence-corrected chi connectivity index (χ0v) is 21.7. The number of halogens is 1. The Labute approximate surface area is 213 Å². The van der Waals surface area contributed by atoms with Crippen LogP contribution in [0.5, 0.6) is 11.5 Å². The molecule has 0 aliphatic carbocycles. The number of carbonyl (C=O) groups excluding carboxylic acids is 1. The van der Waals surface area contributed by atoms with Crippen LogP contribution in [0.2, 0.25) is 0 Å². The number of phenols is 1. The molecular weight excluding hydrogens is 534 g/mol. The smallest absolute Gasteiger partial charge is 0.255 e. The summed E-state index contributed by atoms with van der Waals surface area (Å²) in [6.45, 7) is 3.71. The van der Waals surface area contributed by atoms with Crippen LogP contribution in [0.25, 0.3) is 0 Å². The van der Waals surface area contributed by atoms with Crippen molar-refractivity contribution < 1.29 is 23.1 Å². The van der Waals surface area contributed by atoms with Gasteiger partial charge in [-0.15, -0.1) is 0 Å². The van der Waals surface area contributed by atoms with Crippen LogP contribution >= 0.6 is 15.9 Å². The highest BCUT2D eigenvalue weighted by Gasteiger charge is 2.27. The van der Waals surface area contributed by atoms with Crippen molar-refractivity contribution in [1.82, 2.24) is 9.73 Å². The molecule has 35 heavy (non-hydrogen) atoms. The third-order valence-electron chi connectivity index (χ3n) is 4.94. The molecule has 0 fully saturated rings. The maximum atomic E-state index is 13.3. The number of sulfonamides is 1. The van der Waals surface area contributed by atoms with E-state index in [1.54, 1.807) is 31.2 Å². The number of ether oxygens (including phenoxy) is 1. The number of carbonyl (C=O) groups is 1. The zero-order chi connectivity index (χ0) is 25.4. The molecule has 0 saturated carbocycles. The van der Waals surface area contributed by atoms with Crippen molar-refractivity contribution in [2.75, 3.05) is 13.2 Å². The lowest BCUT2D eigenvalue weighted by molar-refractivity contribution is -0.121. The van der Waals surface area contributed by atoms with E-state index in [2.05, 4.69) is 26.5 Å². The summed E-state index contributed by atoms with van der Waals surface area (Å²) in [6, 6.07) is 18.3. The number of rotatable bonds is 10. The molecule has 0 spiro atoms. The van der Waals surface area contributed by atoms with Crippen molar-refractivity contribution in [3.63, 3.8) is 0 Å². The maximum Gasteiger partial charge on any atom is 0.255 e. The van der Waals surface area contributed by atoms with Crippen LogP contribution in [-0.2, 0) is 21.4 Å². The van der Waals surface area contributed by atoms with Gasteiger partial charge in [-0.05, 0) is 67.4 Å². The minimum atomic E-state index is -3.96. The van der Waals surface area contributed by atoms with Gasteiger partial charge in [-0.3, -0.25) is 4.79 Å². The van der Waals surface area contributed by atoms with Gasteiger partial charge in [0.2, 0.25) is 10.0 Å². The van der Waals surface area contributed by atoms with Gasteiger partial charge in [0.1, 0.15) is 0 Å². The SMILES string of the molecule is CCOc1cc(/C=N\NC(=O)CN(Cc2ccc(C)cc2)S(=O)(=O)c2ccc(Br)cc2)ccc1O. The van der Waals surface area contributed by atoms with Crippen LogP contribution < -0.4 is 10.2 Å². The van der Waals surface area contributed by atoms with Gasteiger partial charge in [-0.1, -0.05) is 45.8 Å². The van der Waals surface area contributed by atoms with Crippen molar-refractivity contribution in [2.24, 2.45) is 5.10 Å². The van der Waals surface area contributed by atoms with Crippen molar-refractivity contribution in [2.45, 2.75) is 25.3 Å². The van der Waals surface area contributed by atoms with Crippen LogP contribution in [0.15, 0.2) is 81.2 Å². The van der Waals surface area contributed by atoms with Gasteiger partial charge in [0, 0.05) is 11.0 Å². The third kappa shape index (κ3) is 7.38. The highest BCUT2D eigenvalue weighted by atomic mass is 79.9. The van der Waals surface area contributed by atoms with Crippen molar-refractivity contribution in [3.8, 4) is 11.5 Å². The lowest BCUT2D eigenvalue weighted by Crippen LogP contribution is -2.39. The lowest BCUT2D eigenvalue weighted by Gasteiger charge is -2.21. The third-order valence-corrected chi connectivity index (χ3v) is 7.27. The van der Waals surface area contributed by atoms with Crippen LogP contribution in [0.3, 0.4) is 0 Å². The minimum absolute atomic E-state index is 0.00192. The van der Waals surface area contributed by atoms with Crippen LogP contribution in [0.1, 0.15) is 23.6 Å². The first-order valence-electron chi connectivity index (χ1n) is 10.8. The van der Waals surface area contributed by atoms with E-state index in [-0.39, 0.29) is 17.2 Å². The van der Waals surface area contributed by atoms with Crippen LogP contribution in [0, 0.1) is 6.92 Å². The van der Waals surface area contributed by atoms with E-state index in [9.17, 15) is 18.3 Å². The lowest BCUT2D eigenvalue weighted by atomic mass is 10.1. The monoisotopic (exact) mass is 559 g/mol. The fourth-order valence-corrected chi connectivity index (χ4v) is 4.78. The molecule has 0 heterocycles. The molecule has 1 amide bonds. The van der Waals surface area contributed by atoms with Gasteiger partial charge >= 0.3 is 0 Å². The van der Waals surface area contributed by atoms with Gasteiger partial charge in [-0.2, -0.15) is 9.41 Å². The molecule has 8 nitrogen and oxygen atoms in total. The van der Waals surface area contributed by atoms with Gasteiger partial charge in [-0.25, -0.2) is 13.8 Å². The average molecular weight is 560 g/mol. The number of hydrazone groups is 1. The molecule has 0 saturated heterocycles. The minimum Gasteiger partial charge on any atom is -0.504 e. The second-order valence-corrected chi connectivity index (χ2v) is 10.5. The summed E-state index contributed by atoms with van der Waals surface area (Å²) in [7, 11) is -3.96. The van der Waals surface area contributed by atoms with E-state index in [0.29, 0.717) is 17.9 Å². The molecular formula is C25H26BrN3O5S. The first-order valence-corrected chi connectivity index (χ1v) is 13.0. The number of aryl methyl sites for hydroxylation is 1. The Bertz CT molecular complexity index is 1290. The van der Waals surface area contributed by atoms with Crippen LogP contribution in [-0.4, -0.2) is 43.1 Å². The summed E-state index contributed by atoms with van der Waals surface area (Å²) in [5.74, 6) is -0.302. The van der Waals surface area contributed by atoms with Gasteiger partial charge in [0.05, 0.1) is 24.3 Å². The molecule has 0 bridgehead atoms. The van der Waals surface area contributed by atoms with Gasteiger partial charge in [0.15, 0.2) is 11.5 Å². The molecule has 0 aromatic heterocycles. The quantitative estimate of drug-likeness (QED) is 0.286. The Morgan fingerprint density at radius 3 is 2.46 bits per heavy atom.